The number of amides is 1. The van der Waals surface area contributed by atoms with Gasteiger partial charge in [0.2, 0.25) is 0 Å². The zero-order chi connectivity index (χ0) is 9.26. The second kappa shape index (κ2) is 3.17. The van der Waals surface area contributed by atoms with Crippen molar-refractivity contribution in [3.63, 3.8) is 0 Å². The Morgan fingerprint density at radius 1 is 1.54 bits per heavy atom. The molecule has 1 aliphatic rings. The lowest BCUT2D eigenvalue weighted by Crippen LogP contribution is -2.15. The molecule has 0 atom stereocenters. The van der Waals surface area contributed by atoms with Gasteiger partial charge in [-0.1, -0.05) is 6.07 Å². The Kier molecular flexibility index (Phi) is 2.00. The van der Waals surface area contributed by atoms with Crippen molar-refractivity contribution in [3.8, 4) is 0 Å². The Morgan fingerprint density at radius 3 is 3.15 bits per heavy atom. The lowest BCUT2D eigenvalue weighted by Gasteiger charge is -2.13. The first-order chi connectivity index (χ1) is 6.27. The summed E-state index contributed by atoms with van der Waals surface area (Å²) in [6, 6.07) is 3.51. The zero-order valence-electron chi connectivity index (χ0n) is 7.21. The van der Waals surface area contributed by atoms with Gasteiger partial charge in [0.05, 0.1) is 0 Å². The third-order valence-electron chi connectivity index (χ3n) is 2.13. The summed E-state index contributed by atoms with van der Waals surface area (Å²) in [5.74, 6) is -0.464. The first kappa shape index (κ1) is 8.23. The average Bonchev–Trinajstić information content (AvgIpc) is 2.17. The third-order valence-corrected chi connectivity index (χ3v) is 2.13. The zero-order valence-corrected chi connectivity index (χ0v) is 7.21. The summed E-state index contributed by atoms with van der Waals surface area (Å²) in [6.45, 7) is 0. The third kappa shape index (κ3) is 1.54. The van der Waals surface area contributed by atoms with Crippen molar-refractivity contribution in [3.05, 3.63) is 35.5 Å². The summed E-state index contributed by atoms with van der Waals surface area (Å²) >= 11 is 0. The predicted molar refractivity (Wildman–Crippen MR) is 48.0 cm³/mol. The second-order valence-corrected chi connectivity index (χ2v) is 3.09. The van der Waals surface area contributed by atoms with Crippen LogP contribution in [-0.4, -0.2) is 10.9 Å². The van der Waals surface area contributed by atoms with E-state index in [4.69, 9.17) is 5.73 Å². The van der Waals surface area contributed by atoms with Crippen LogP contribution >= 0.6 is 0 Å². The molecule has 0 bridgehead atoms. The van der Waals surface area contributed by atoms with Gasteiger partial charge in [0.15, 0.2) is 0 Å². The van der Waals surface area contributed by atoms with E-state index in [1.54, 1.807) is 6.07 Å². The molecule has 0 fully saturated rings. The highest BCUT2D eigenvalue weighted by molar-refractivity contribution is 5.90. The summed E-state index contributed by atoms with van der Waals surface area (Å²) in [5.41, 5.74) is 7.45. The normalized spacial score (nSPS) is 15.1. The van der Waals surface area contributed by atoms with Crippen LogP contribution in [0.3, 0.4) is 0 Å². The van der Waals surface area contributed by atoms with Gasteiger partial charge in [0, 0.05) is 12.1 Å². The van der Waals surface area contributed by atoms with Crippen LogP contribution in [0.1, 0.15) is 34.6 Å². The van der Waals surface area contributed by atoms with E-state index in [0.717, 1.165) is 30.5 Å². The van der Waals surface area contributed by atoms with Crippen LogP contribution < -0.4 is 5.73 Å². The molecule has 2 rings (SSSR count). The summed E-state index contributed by atoms with van der Waals surface area (Å²) in [7, 11) is 0. The highest BCUT2D eigenvalue weighted by atomic mass is 16.1. The number of nitrogens with zero attached hydrogens (tertiary/aromatic N) is 1. The number of primary amides is 1. The van der Waals surface area contributed by atoms with E-state index in [1.807, 2.05) is 6.07 Å². The molecule has 1 aromatic rings. The number of hydrogen-bond acceptors (Lipinski definition) is 2. The van der Waals surface area contributed by atoms with Crippen molar-refractivity contribution in [2.75, 3.05) is 0 Å². The van der Waals surface area contributed by atoms with Crippen LogP contribution in [0.4, 0.5) is 0 Å². The van der Waals surface area contributed by atoms with Crippen LogP contribution in [0.25, 0.3) is 0 Å². The predicted octanol–water partition coefficient (Wildman–Crippen LogP) is 0.946. The molecule has 1 heterocycles. The van der Waals surface area contributed by atoms with Gasteiger partial charge in [-0.2, -0.15) is 0 Å². The lowest BCUT2D eigenvalue weighted by molar-refractivity contribution is 0.0995. The molecule has 1 amide bonds. The molecule has 1 aromatic heterocycles. The molecule has 0 saturated heterocycles. The van der Waals surface area contributed by atoms with Gasteiger partial charge in [-0.3, -0.25) is 4.79 Å². The van der Waals surface area contributed by atoms with Crippen molar-refractivity contribution in [1.82, 2.24) is 4.98 Å². The molecule has 3 heteroatoms. The second-order valence-electron chi connectivity index (χ2n) is 3.09. The number of nitrogens with two attached hydrogens (primary N) is 1. The van der Waals surface area contributed by atoms with Crippen molar-refractivity contribution >= 4 is 5.91 Å². The van der Waals surface area contributed by atoms with E-state index in [1.165, 1.54) is 0 Å². The smallest absolute Gasteiger partial charge is 0.267 e. The number of fused-ring (bicyclic) bond motifs is 1. The van der Waals surface area contributed by atoms with Crippen LogP contribution in [0.2, 0.25) is 0 Å². The first-order valence-corrected chi connectivity index (χ1v) is 4.31. The van der Waals surface area contributed by atoms with Gasteiger partial charge in [0.1, 0.15) is 5.69 Å². The minimum atomic E-state index is -0.464. The Hall–Kier alpha value is -1.38. The molecule has 0 aromatic carbocycles. The van der Waals surface area contributed by atoms with E-state index < -0.39 is 5.91 Å². The molecule has 13 heavy (non-hydrogen) atoms. The molecular weight excluding hydrogens is 164 g/mol. The number of carbonyl (C=O) groups excluding carboxylic acids is 1. The first-order valence-electron chi connectivity index (χ1n) is 4.31. The Labute approximate surface area is 77.0 Å². The van der Waals surface area contributed by atoms with Crippen LogP contribution in [0, 0.1) is 6.42 Å². The largest absolute Gasteiger partial charge is 0.364 e. The SMILES string of the molecule is NC(=O)c1ccc2c(n1)CCC[C]2. The fourth-order valence-electron chi connectivity index (χ4n) is 1.47. The average molecular weight is 174 g/mol. The molecule has 0 saturated carbocycles. The summed E-state index contributed by atoms with van der Waals surface area (Å²) in [4.78, 5) is 15.0. The maximum atomic E-state index is 10.8. The molecular formula is C10H10N2O. The van der Waals surface area contributed by atoms with E-state index >= 15 is 0 Å². The molecule has 2 radical (unpaired) electrons. The maximum Gasteiger partial charge on any atom is 0.267 e. The number of hydrogen-bond donors (Lipinski definition) is 1. The molecule has 0 aliphatic heterocycles. The van der Waals surface area contributed by atoms with Crippen molar-refractivity contribution in [2.24, 2.45) is 5.73 Å². The number of aryl methyl sites for hydroxylation is 1. The van der Waals surface area contributed by atoms with Crippen LogP contribution in [0.5, 0.6) is 0 Å². The molecule has 0 spiro atoms. The highest BCUT2D eigenvalue weighted by Gasteiger charge is 2.12. The minimum Gasteiger partial charge on any atom is -0.364 e. The van der Waals surface area contributed by atoms with Crippen LogP contribution in [0.15, 0.2) is 12.1 Å². The van der Waals surface area contributed by atoms with Gasteiger partial charge in [-0.25, -0.2) is 4.98 Å². The topological polar surface area (TPSA) is 56.0 Å². The van der Waals surface area contributed by atoms with Gasteiger partial charge in [-0.15, -0.1) is 0 Å². The summed E-state index contributed by atoms with van der Waals surface area (Å²) < 4.78 is 0. The van der Waals surface area contributed by atoms with Crippen molar-refractivity contribution in [1.29, 1.82) is 0 Å². The van der Waals surface area contributed by atoms with Gasteiger partial charge < -0.3 is 5.73 Å². The lowest BCUT2D eigenvalue weighted by atomic mass is 9.96. The summed E-state index contributed by atoms with van der Waals surface area (Å²) in [5, 5.41) is 0. The summed E-state index contributed by atoms with van der Waals surface area (Å²) in [6.07, 6.45) is 6.17. The molecule has 0 unspecified atom stereocenters. The fourth-order valence-corrected chi connectivity index (χ4v) is 1.47. The van der Waals surface area contributed by atoms with E-state index in [2.05, 4.69) is 11.4 Å². The van der Waals surface area contributed by atoms with Gasteiger partial charge in [0.25, 0.3) is 5.91 Å². The monoisotopic (exact) mass is 174 g/mol. The maximum absolute atomic E-state index is 10.8. The molecule has 66 valence electrons. The quantitative estimate of drug-likeness (QED) is 0.689. The van der Waals surface area contributed by atoms with Gasteiger partial charge in [-0.05, 0) is 30.9 Å². The Balaban J connectivity index is 2.40. The molecule has 3 nitrogen and oxygen atoms in total. The van der Waals surface area contributed by atoms with Crippen molar-refractivity contribution < 1.29 is 4.79 Å². The van der Waals surface area contributed by atoms with Crippen molar-refractivity contribution in [2.45, 2.75) is 19.3 Å². The van der Waals surface area contributed by atoms with Gasteiger partial charge >= 0.3 is 0 Å². The Morgan fingerprint density at radius 2 is 2.38 bits per heavy atom. The number of aromatic nitrogens is 1. The standard InChI is InChI=1S/C10H10N2O/c11-10(13)9-6-5-7-3-1-2-4-8(7)12-9/h5-6H,1-2,4H2,(H2,11,13). The van der Waals surface area contributed by atoms with E-state index in [9.17, 15) is 4.79 Å². The van der Waals surface area contributed by atoms with E-state index in [-0.39, 0.29) is 0 Å². The number of pyridine rings is 1. The number of carbonyl (C=O) groups is 1. The Bertz CT molecular complexity index is 347. The number of rotatable bonds is 1. The van der Waals surface area contributed by atoms with E-state index in [0.29, 0.717) is 5.69 Å². The fraction of sp³-hybridized carbons (Fsp3) is 0.300. The molecule has 2 N–H and O–H groups in total. The molecule has 1 aliphatic carbocycles. The minimum absolute atomic E-state index is 0.349. The highest BCUT2D eigenvalue weighted by Crippen LogP contribution is 2.20. The van der Waals surface area contributed by atoms with Crippen LogP contribution in [-0.2, 0) is 6.42 Å².